The highest BCUT2D eigenvalue weighted by Crippen LogP contribution is 2.16. The lowest BCUT2D eigenvalue weighted by atomic mass is 10.1. The third-order valence-corrected chi connectivity index (χ3v) is 1.80. The normalized spacial score (nSPS) is 12.8. The summed E-state index contributed by atoms with van der Waals surface area (Å²) < 4.78 is 10.6. The van der Waals surface area contributed by atoms with Gasteiger partial charge in [0.2, 0.25) is 0 Å². The van der Waals surface area contributed by atoms with Crippen molar-refractivity contribution in [3.05, 3.63) is 35.9 Å². The van der Waals surface area contributed by atoms with Crippen LogP contribution in [-0.4, -0.2) is 20.3 Å². The molecular weight excluding hydrogens is 164 g/mol. The average molecular weight is 179 g/mol. The molecule has 2 nitrogen and oxygen atoms in total. The van der Waals surface area contributed by atoms with Crippen molar-refractivity contribution in [3.8, 4) is 0 Å². The van der Waals surface area contributed by atoms with E-state index in [1.54, 1.807) is 7.11 Å². The summed E-state index contributed by atoms with van der Waals surface area (Å²) in [5.41, 5.74) is 1.14. The van der Waals surface area contributed by atoms with Crippen molar-refractivity contribution < 1.29 is 9.47 Å². The van der Waals surface area contributed by atoms with E-state index in [-0.39, 0.29) is 6.10 Å². The first-order chi connectivity index (χ1) is 6.38. The summed E-state index contributed by atoms with van der Waals surface area (Å²) in [5, 5.41) is 0. The van der Waals surface area contributed by atoms with Crippen molar-refractivity contribution in [3.63, 3.8) is 0 Å². The van der Waals surface area contributed by atoms with Gasteiger partial charge in [-0.05, 0) is 18.6 Å². The molecule has 0 fully saturated rings. The van der Waals surface area contributed by atoms with Gasteiger partial charge >= 0.3 is 0 Å². The summed E-state index contributed by atoms with van der Waals surface area (Å²) in [7, 11) is 1.68. The Kier molecular flexibility index (Phi) is 4.50. The van der Waals surface area contributed by atoms with Crippen LogP contribution >= 0.6 is 0 Å². The van der Waals surface area contributed by atoms with Gasteiger partial charge in [-0.3, -0.25) is 0 Å². The Morgan fingerprint density at radius 1 is 1.38 bits per heavy atom. The molecule has 0 aliphatic carbocycles. The van der Waals surface area contributed by atoms with Crippen molar-refractivity contribution in [2.75, 3.05) is 20.3 Å². The SMILES string of the molecule is CCOC(COC)c1cc[c]cc1. The fourth-order valence-corrected chi connectivity index (χ4v) is 1.21. The Balaban J connectivity index is 2.64. The summed E-state index contributed by atoms with van der Waals surface area (Å²) >= 11 is 0. The summed E-state index contributed by atoms with van der Waals surface area (Å²) in [4.78, 5) is 0. The monoisotopic (exact) mass is 179 g/mol. The van der Waals surface area contributed by atoms with E-state index >= 15 is 0 Å². The minimum absolute atomic E-state index is 0.0459. The van der Waals surface area contributed by atoms with Crippen LogP contribution in [0.2, 0.25) is 0 Å². The lowest BCUT2D eigenvalue weighted by Crippen LogP contribution is -2.10. The number of hydrogen-bond acceptors (Lipinski definition) is 2. The molecule has 0 aromatic heterocycles. The molecular formula is C11H15O2. The van der Waals surface area contributed by atoms with Crippen LogP contribution in [0.1, 0.15) is 18.6 Å². The molecule has 0 heterocycles. The van der Waals surface area contributed by atoms with Crippen LogP contribution < -0.4 is 0 Å². The predicted octanol–water partition coefficient (Wildman–Crippen LogP) is 2.21. The molecule has 0 aliphatic heterocycles. The molecule has 1 aromatic rings. The van der Waals surface area contributed by atoms with E-state index in [4.69, 9.17) is 9.47 Å². The van der Waals surface area contributed by atoms with Gasteiger partial charge in [0.05, 0.1) is 6.61 Å². The number of methoxy groups -OCH3 is 1. The van der Waals surface area contributed by atoms with E-state index in [0.717, 1.165) is 5.56 Å². The molecule has 0 amide bonds. The molecule has 1 aromatic carbocycles. The maximum atomic E-state index is 5.53. The topological polar surface area (TPSA) is 18.5 Å². The Hall–Kier alpha value is -0.860. The van der Waals surface area contributed by atoms with Gasteiger partial charge in [0.25, 0.3) is 0 Å². The smallest absolute Gasteiger partial charge is 0.106 e. The van der Waals surface area contributed by atoms with E-state index < -0.39 is 0 Å². The lowest BCUT2D eigenvalue weighted by molar-refractivity contribution is 0.00280. The highest BCUT2D eigenvalue weighted by atomic mass is 16.5. The molecule has 0 spiro atoms. The molecule has 0 saturated heterocycles. The highest BCUT2D eigenvalue weighted by molar-refractivity contribution is 5.16. The molecule has 0 aliphatic rings. The average Bonchev–Trinajstić information content (AvgIpc) is 2.19. The van der Waals surface area contributed by atoms with Gasteiger partial charge in [0.15, 0.2) is 0 Å². The van der Waals surface area contributed by atoms with Gasteiger partial charge in [-0.15, -0.1) is 0 Å². The van der Waals surface area contributed by atoms with E-state index in [1.165, 1.54) is 0 Å². The number of hydrogen-bond donors (Lipinski definition) is 0. The van der Waals surface area contributed by atoms with Crippen LogP contribution in [-0.2, 0) is 9.47 Å². The second-order valence-corrected chi connectivity index (χ2v) is 2.73. The molecule has 71 valence electrons. The Labute approximate surface area is 79.5 Å². The zero-order valence-electron chi connectivity index (χ0n) is 8.12. The molecule has 0 bridgehead atoms. The quantitative estimate of drug-likeness (QED) is 0.690. The van der Waals surface area contributed by atoms with Gasteiger partial charge in [-0.25, -0.2) is 0 Å². The number of ether oxygens (including phenoxy) is 2. The van der Waals surface area contributed by atoms with Crippen LogP contribution in [0.25, 0.3) is 0 Å². The zero-order valence-corrected chi connectivity index (χ0v) is 8.12. The first-order valence-electron chi connectivity index (χ1n) is 4.45. The molecule has 13 heavy (non-hydrogen) atoms. The summed E-state index contributed by atoms with van der Waals surface area (Å²) in [5.74, 6) is 0. The third-order valence-electron chi connectivity index (χ3n) is 1.80. The van der Waals surface area contributed by atoms with Gasteiger partial charge in [0, 0.05) is 13.7 Å². The largest absolute Gasteiger partial charge is 0.382 e. The van der Waals surface area contributed by atoms with Crippen LogP contribution in [0, 0.1) is 6.07 Å². The maximum Gasteiger partial charge on any atom is 0.106 e. The molecule has 1 unspecified atom stereocenters. The molecule has 0 N–H and O–H groups in total. The van der Waals surface area contributed by atoms with E-state index in [2.05, 4.69) is 6.07 Å². The standard InChI is InChI=1S/C11H15O2/c1-3-13-11(9-12-2)10-7-5-4-6-8-10/h5-8,11H,3,9H2,1-2H3. The van der Waals surface area contributed by atoms with Gasteiger partial charge < -0.3 is 9.47 Å². The molecule has 0 saturated carbocycles. The molecule has 1 atom stereocenters. The van der Waals surface area contributed by atoms with Crippen molar-refractivity contribution in [2.45, 2.75) is 13.0 Å². The lowest BCUT2D eigenvalue weighted by Gasteiger charge is -2.15. The third kappa shape index (κ3) is 3.17. The molecule has 1 rings (SSSR count). The van der Waals surface area contributed by atoms with Crippen LogP contribution in [0.3, 0.4) is 0 Å². The molecule has 1 radical (unpaired) electrons. The van der Waals surface area contributed by atoms with Crippen LogP contribution in [0.15, 0.2) is 24.3 Å². The van der Waals surface area contributed by atoms with Crippen LogP contribution in [0.4, 0.5) is 0 Å². The predicted molar refractivity (Wildman–Crippen MR) is 51.5 cm³/mol. The first-order valence-corrected chi connectivity index (χ1v) is 4.45. The van der Waals surface area contributed by atoms with Crippen molar-refractivity contribution in [1.29, 1.82) is 0 Å². The van der Waals surface area contributed by atoms with Gasteiger partial charge in [-0.2, -0.15) is 0 Å². The summed E-state index contributed by atoms with van der Waals surface area (Å²) in [6.45, 7) is 3.28. The Morgan fingerprint density at radius 2 is 2.08 bits per heavy atom. The van der Waals surface area contributed by atoms with E-state index in [0.29, 0.717) is 13.2 Å². The number of rotatable bonds is 5. The Morgan fingerprint density at radius 3 is 2.62 bits per heavy atom. The fraction of sp³-hybridized carbons (Fsp3) is 0.455. The van der Waals surface area contributed by atoms with Crippen molar-refractivity contribution >= 4 is 0 Å². The van der Waals surface area contributed by atoms with E-state index in [9.17, 15) is 0 Å². The fourth-order valence-electron chi connectivity index (χ4n) is 1.21. The summed E-state index contributed by atoms with van der Waals surface area (Å²) in [6.07, 6.45) is 0.0459. The number of benzene rings is 1. The van der Waals surface area contributed by atoms with Crippen LogP contribution in [0.5, 0.6) is 0 Å². The van der Waals surface area contributed by atoms with Gasteiger partial charge in [-0.1, -0.05) is 24.3 Å². The zero-order chi connectivity index (χ0) is 9.52. The second kappa shape index (κ2) is 5.73. The summed E-state index contributed by atoms with van der Waals surface area (Å²) in [6, 6.07) is 10.7. The Bertz CT molecular complexity index is 215. The highest BCUT2D eigenvalue weighted by Gasteiger charge is 2.09. The van der Waals surface area contributed by atoms with Gasteiger partial charge in [0.1, 0.15) is 6.10 Å². The van der Waals surface area contributed by atoms with Crippen molar-refractivity contribution in [1.82, 2.24) is 0 Å². The first kappa shape index (κ1) is 10.2. The minimum Gasteiger partial charge on any atom is -0.382 e. The maximum absolute atomic E-state index is 5.53. The molecule has 2 heteroatoms. The van der Waals surface area contributed by atoms with Crippen molar-refractivity contribution in [2.24, 2.45) is 0 Å². The van der Waals surface area contributed by atoms with E-state index in [1.807, 2.05) is 31.2 Å². The second-order valence-electron chi connectivity index (χ2n) is 2.73. The minimum atomic E-state index is 0.0459.